The number of anilines is 2. The number of pyridine rings is 1. The van der Waals surface area contributed by atoms with Gasteiger partial charge in [0.1, 0.15) is 17.5 Å². The number of nitrogens with zero attached hydrogens (tertiary/aromatic N) is 4. The Morgan fingerprint density at radius 1 is 1.10 bits per heavy atom. The zero-order valence-corrected chi connectivity index (χ0v) is 16.5. The van der Waals surface area contributed by atoms with Crippen LogP contribution in [0.1, 0.15) is 18.4 Å². The molecule has 0 radical (unpaired) electrons. The number of carbonyl (C=O) groups excluding carboxylic acids is 1. The first-order chi connectivity index (χ1) is 14.6. The molecule has 3 N–H and O–H groups in total. The molecule has 7 nitrogen and oxygen atoms in total. The summed E-state index contributed by atoms with van der Waals surface area (Å²) in [5.41, 5.74) is 7.97. The van der Waals surface area contributed by atoms with Gasteiger partial charge < -0.3 is 16.0 Å². The number of primary amides is 1. The molecule has 0 saturated carbocycles. The highest BCUT2D eigenvalue weighted by molar-refractivity contribution is 5.77. The van der Waals surface area contributed by atoms with E-state index in [4.69, 9.17) is 5.73 Å². The van der Waals surface area contributed by atoms with Gasteiger partial charge in [-0.05, 0) is 55.3 Å². The van der Waals surface area contributed by atoms with Gasteiger partial charge in [-0.1, -0.05) is 6.07 Å². The van der Waals surface area contributed by atoms with Crippen LogP contribution in [0, 0.1) is 11.7 Å². The number of nitrogens with one attached hydrogen (secondary N) is 1. The molecule has 3 heterocycles. The molecule has 0 bridgehead atoms. The number of amides is 1. The highest BCUT2D eigenvalue weighted by atomic mass is 19.1. The first-order valence-electron chi connectivity index (χ1n) is 9.92. The van der Waals surface area contributed by atoms with Crippen LogP contribution in [0.5, 0.6) is 0 Å². The average Bonchev–Trinajstić information content (AvgIpc) is 2.79. The van der Waals surface area contributed by atoms with Crippen LogP contribution in [0.3, 0.4) is 0 Å². The largest absolute Gasteiger partial charge is 0.369 e. The molecule has 0 unspecified atom stereocenters. The van der Waals surface area contributed by atoms with E-state index in [0.717, 1.165) is 42.9 Å². The third-order valence-corrected chi connectivity index (χ3v) is 5.33. The Hall–Kier alpha value is -3.55. The van der Waals surface area contributed by atoms with E-state index in [9.17, 15) is 9.18 Å². The summed E-state index contributed by atoms with van der Waals surface area (Å²) < 4.78 is 13.1. The van der Waals surface area contributed by atoms with E-state index in [0.29, 0.717) is 18.1 Å². The van der Waals surface area contributed by atoms with Crippen molar-refractivity contribution in [2.24, 2.45) is 11.7 Å². The van der Waals surface area contributed by atoms with Crippen molar-refractivity contribution in [3.8, 4) is 11.3 Å². The maximum Gasteiger partial charge on any atom is 0.220 e. The number of hydrogen-bond donors (Lipinski definition) is 2. The number of benzene rings is 1. The molecule has 154 valence electrons. The summed E-state index contributed by atoms with van der Waals surface area (Å²) >= 11 is 0. The molecule has 0 atom stereocenters. The van der Waals surface area contributed by atoms with Crippen LogP contribution in [-0.2, 0) is 11.3 Å². The fraction of sp³-hybridized carbons (Fsp3) is 0.273. The molecule has 1 amide bonds. The summed E-state index contributed by atoms with van der Waals surface area (Å²) in [7, 11) is 0. The summed E-state index contributed by atoms with van der Waals surface area (Å²) in [6.07, 6.45) is 3.26. The van der Waals surface area contributed by atoms with E-state index in [1.165, 1.54) is 12.1 Å². The van der Waals surface area contributed by atoms with Crippen LogP contribution in [0.15, 0.2) is 54.7 Å². The van der Waals surface area contributed by atoms with E-state index < -0.39 is 0 Å². The van der Waals surface area contributed by atoms with Gasteiger partial charge in [-0.2, -0.15) is 0 Å². The van der Waals surface area contributed by atoms with E-state index in [1.54, 1.807) is 18.3 Å². The molecular weight excluding hydrogens is 383 g/mol. The van der Waals surface area contributed by atoms with Gasteiger partial charge in [0.15, 0.2) is 0 Å². The SMILES string of the molecule is NC(=O)C1CCN(c2ncccc2CNc2ccc(-c3ccc(F)cc3)nn2)CC1. The van der Waals surface area contributed by atoms with Crippen molar-refractivity contribution >= 4 is 17.5 Å². The number of aromatic nitrogens is 3. The quantitative estimate of drug-likeness (QED) is 0.653. The minimum absolute atomic E-state index is 0.0542. The zero-order valence-electron chi connectivity index (χ0n) is 16.5. The van der Waals surface area contributed by atoms with E-state index in [1.807, 2.05) is 24.3 Å². The highest BCUT2D eigenvalue weighted by Gasteiger charge is 2.24. The minimum Gasteiger partial charge on any atom is -0.369 e. The highest BCUT2D eigenvalue weighted by Crippen LogP contribution is 2.25. The van der Waals surface area contributed by atoms with Crippen molar-refractivity contribution in [2.45, 2.75) is 19.4 Å². The Labute approximate surface area is 174 Å². The predicted octanol–water partition coefficient (Wildman–Crippen LogP) is 2.99. The number of rotatable bonds is 6. The van der Waals surface area contributed by atoms with Crippen LogP contribution in [0.4, 0.5) is 16.0 Å². The Morgan fingerprint density at radius 3 is 2.53 bits per heavy atom. The van der Waals surface area contributed by atoms with Gasteiger partial charge in [-0.25, -0.2) is 9.37 Å². The van der Waals surface area contributed by atoms with Gasteiger partial charge in [0, 0.05) is 42.9 Å². The second kappa shape index (κ2) is 8.86. The average molecular weight is 406 g/mol. The molecule has 1 aliphatic heterocycles. The van der Waals surface area contributed by atoms with Crippen LogP contribution in [0.25, 0.3) is 11.3 Å². The van der Waals surface area contributed by atoms with E-state index in [-0.39, 0.29) is 17.6 Å². The fourth-order valence-electron chi connectivity index (χ4n) is 3.62. The summed E-state index contributed by atoms with van der Waals surface area (Å²) in [5, 5.41) is 11.7. The number of halogens is 1. The number of hydrogen-bond acceptors (Lipinski definition) is 6. The lowest BCUT2D eigenvalue weighted by Gasteiger charge is -2.32. The Bertz CT molecular complexity index is 1000. The molecule has 1 saturated heterocycles. The van der Waals surface area contributed by atoms with Crippen molar-refractivity contribution < 1.29 is 9.18 Å². The third kappa shape index (κ3) is 4.53. The van der Waals surface area contributed by atoms with E-state index >= 15 is 0 Å². The van der Waals surface area contributed by atoms with Crippen LogP contribution >= 0.6 is 0 Å². The smallest absolute Gasteiger partial charge is 0.220 e. The van der Waals surface area contributed by atoms with E-state index in [2.05, 4.69) is 25.4 Å². The predicted molar refractivity (Wildman–Crippen MR) is 113 cm³/mol. The van der Waals surface area contributed by atoms with Gasteiger partial charge in [0.2, 0.25) is 5.91 Å². The minimum atomic E-state index is -0.281. The molecule has 1 aliphatic rings. The standard InChI is InChI=1S/C22H23FN6O/c23-18-5-3-15(4-6-18)19-7-8-20(28-27-19)26-14-17-2-1-11-25-22(17)29-12-9-16(10-13-29)21(24)30/h1-8,11,16H,9-10,12-14H2,(H2,24,30)(H,26,28). The fourth-order valence-corrected chi connectivity index (χ4v) is 3.62. The molecule has 3 aromatic rings. The Morgan fingerprint density at radius 2 is 1.87 bits per heavy atom. The monoisotopic (exact) mass is 406 g/mol. The third-order valence-electron chi connectivity index (χ3n) is 5.33. The lowest BCUT2D eigenvalue weighted by molar-refractivity contribution is -0.122. The molecule has 30 heavy (non-hydrogen) atoms. The second-order valence-corrected chi connectivity index (χ2v) is 7.31. The Balaban J connectivity index is 1.41. The van der Waals surface area contributed by atoms with Crippen molar-refractivity contribution in [3.63, 3.8) is 0 Å². The van der Waals surface area contributed by atoms with Crippen molar-refractivity contribution in [2.75, 3.05) is 23.3 Å². The number of nitrogens with two attached hydrogens (primary N) is 1. The molecular formula is C22H23FN6O. The van der Waals surface area contributed by atoms with Gasteiger partial charge >= 0.3 is 0 Å². The van der Waals surface area contributed by atoms with Crippen LogP contribution in [-0.4, -0.2) is 34.2 Å². The maximum atomic E-state index is 13.1. The van der Waals surface area contributed by atoms with Gasteiger partial charge in [0.25, 0.3) is 0 Å². The van der Waals surface area contributed by atoms with Crippen molar-refractivity contribution in [1.29, 1.82) is 0 Å². The maximum absolute atomic E-state index is 13.1. The molecule has 0 aliphatic carbocycles. The number of carbonyl (C=O) groups is 1. The molecule has 8 heteroatoms. The van der Waals surface area contributed by atoms with Gasteiger partial charge in [0.05, 0.1) is 5.69 Å². The lowest BCUT2D eigenvalue weighted by Crippen LogP contribution is -2.39. The van der Waals surface area contributed by atoms with Crippen LogP contribution in [0.2, 0.25) is 0 Å². The summed E-state index contributed by atoms with van der Waals surface area (Å²) in [4.78, 5) is 18.1. The van der Waals surface area contributed by atoms with Crippen molar-refractivity contribution in [1.82, 2.24) is 15.2 Å². The van der Waals surface area contributed by atoms with Crippen molar-refractivity contribution in [3.05, 3.63) is 66.1 Å². The molecule has 2 aromatic heterocycles. The molecule has 4 rings (SSSR count). The van der Waals surface area contributed by atoms with Gasteiger partial charge in [-0.15, -0.1) is 10.2 Å². The van der Waals surface area contributed by atoms with Gasteiger partial charge in [-0.3, -0.25) is 4.79 Å². The molecule has 0 spiro atoms. The zero-order chi connectivity index (χ0) is 20.9. The topological polar surface area (TPSA) is 97.0 Å². The lowest BCUT2D eigenvalue weighted by atomic mass is 9.96. The first-order valence-corrected chi connectivity index (χ1v) is 9.92. The number of piperidine rings is 1. The molecule has 1 fully saturated rings. The summed E-state index contributed by atoms with van der Waals surface area (Å²) in [5.74, 6) is 0.990. The van der Waals surface area contributed by atoms with Crippen LogP contribution < -0.4 is 16.0 Å². The summed E-state index contributed by atoms with van der Waals surface area (Å²) in [6, 6.07) is 13.8. The normalized spacial score (nSPS) is 14.5. The Kier molecular flexibility index (Phi) is 5.83. The second-order valence-electron chi connectivity index (χ2n) is 7.31. The molecule has 1 aromatic carbocycles. The summed E-state index contributed by atoms with van der Waals surface area (Å²) in [6.45, 7) is 2.05. The first kappa shape index (κ1) is 19.8.